The molecule has 2 aliphatic rings. The molecule has 0 aliphatic heterocycles. The van der Waals surface area contributed by atoms with Crippen LogP contribution in [-0.4, -0.2) is 28.9 Å². The van der Waals surface area contributed by atoms with Crippen molar-refractivity contribution in [3.63, 3.8) is 0 Å². The number of hydrogen-bond donors (Lipinski definition) is 3. The molecule has 0 aromatic carbocycles. The SMILES string of the molecule is CCCCC(C)CC(O)C=CC1=CC[C@@H]2CC(NOCCC(=O)O)=C[C@@H]12. The molecular weight excluding hydrogens is 330 g/mol. The zero-order valence-corrected chi connectivity index (χ0v) is 16.0. The molecule has 0 heterocycles. The number of rotatable bonds is 12. The van der Waals surface area contributed by atoms with E-state index in [0.717, 1.165) is 25.0 Å². The van der Waals surface area contributed by atoms with Crippen molar-refractivity contribution >= 4 is 5.97 Å². The lowest BCUT2D eigenvalue weighted by Gasteiger charge is -2.14. The molecule has 4 atom stereocenters. The van der Waals surface area contributed by atoms with Crippen LogP contribution in [0.25, 0.3) is 0 Å². The lowest BCUT2D eigenvalue weighted by atomic mass is 9.93. The fourth-order valence-corrected chi connectivity index (χ4v) is 3.77. The average Bonchev–Trinajstić information content (AvgIpc) is 3.15. The first-order chi connectivity index (χ1) is 12.5. The lowest BCUT2D eigenvalue weighted by Crippen LogP contribution is -2.16. The van der Waals surface area contributed by atoms with Gasteiger partial charge in [-0.2, -0.15) is 0 Å². The van der Waals surface area contributed by atoms with Crippen LogP contribution in [0.3, 0.4) is 0 Å². The molecule has 0 saturated carbocycles. The fraction of sp³-hybridized carbons (Fsp3) is 0.667. The van der Waals surface area contributed by atoms with Crippen LogP contribution in [0.2, 0.25) is 0 Å². The molecule has 0 saturated heterocycles. The van der Waals surface area contributed by atoms with Gasteiger partial charge in [0.25, 0.3) is 0 Å². The molecule has 5 nitrogen and oxygen atoms in total. The van der Waals surface area contributed by atoms with E-state index < -0.39 is 5.97 Å². The number of carbonyl (C=O) groups is 1. The summed E-state index contributed by atoms with van der Waals surface area (Å²) in [5.74, 6) is 0.592. The Labute approximate surface area is 156 Å². The average molecular weight is 363 g/mol. The molecule has 0 aromatic rings. The highest BCUT2D eigenvalue weighted by Crippen LogP contribution is 2.42. The Balaban J connectivity index is 1.77. The van der Waals surface area contributed by atoms with Crippen LogP contribution in [0.1, 0.15) is 58.8 Å². The predicted octanol–water partition coefficient (Wildman–Crippen LogP) is 3.97. The molecule has 2 rings (SSSR count). The summed E-state index contributed by atoms with van der Waals surface area (Å²) >= 11 is 0. The number of allylic oxidation sites excluding steroid dienone is 5. The molecule has 0 spiro atoms. The van der Waals surface area contributed by atoms with Gasteiger partial charge in [0.1, 0.15) is 0 Å². The number of aliphatic hydroxyl groups excluding tert-OH is 1. The highest BCUT2D eigenvalue weighted by atomic mass is 16.6. The van der Waals surface area contributed by atoms with E-state index in [1.54, 1.807) is 0 Å². The summed E-state index contributed by atoms with van der Waals surface area (Å²) in [4.78, 5) is 15.7. The van der Waals surface area contributed by atoms with Crippen LogP contribution in [0.5, 0.6) is 0 Å². The molecule has 26 heavy (non-hydrogen) atoms. The number of nitrogens with one attached hydrogen (secondary N) is 1. The van der Waals surface area contributed by atoms with Crippen LogP contribution >= 0.6 is 0 Å². The summed E-state index contributed by atoms with van der Waals surface area (Å²) in [6.45, 7) is 4.56. The summed E-state index contributed by atoms with van der Waals surface area (Å²) in [6.07, 6.45) is 14.4. The molecule has 0 fully saturated rings. The molecule has 2 unspecified atom stereocenters. The van der Waals surface area contributed by atoms with Crippen LogP contribution in [0.15, 0.2) is 35.6 Å². The van der Waals surface area contributed by atoms with Gasteiger partial charge in [0, 0.05) is 11.6 Å². The summed E-state index contributed by atoms with van der Waals surface area (Å²) in [6, 6.07) is 0. The van der Waals surface area contributed by atoms with Crippen molar-refractivity contribution < 1.29 is 19.8 Å². The minimum atomic E-state index is -0.859. The Bertz CT molecular complexity index is 552. The van der Waals surface area contributed by atoms with Gasteiger partial charge in [0.15, 0.2) is 0 Å². The van der Waals surface area contributed by atoms with E-state index >= 15 is 0 Å². The number of carboxylic acids is 1. The second kappa shape index (κ2) is 10.5. The molecule has 2 aliphatic carbocycles. The van der Waals surface area contributed by atoms with Crippen LogP contribution < -0.4 is 5.48 Å². The third-order valence-corrected chi connectivity index (χ3v) is 5.24. The van der Waals surface area contributed by atoms with Gasteiger partial charge in [0.2, 0.25) is 0 Å². The number of aliphatic hydroxyl groups is 1. The number of carboxylic acid groups (broad SMARTS) is 1. The standard InChI is InChI=1S/C21H33NO4/c1-3-4-5-15(2)12-19(23)9-8-16-6-7-17-13-18(14-20(16)17)22-26-11-10-21(24)25/h6,8-9,14-15,17,19-20,22-23H,3-5,7,10-13H2,1-2H3,(H,24,25)/t15?,17-,19?,20+/m1/s1. The maximum Gasteiger partial charge on any atom is 0.305 e. The van der Waals surface area contributed by atoms with Crippen molar-refractivity contribution in [3.05, 3.63) is 35.6 Å². The minimum absolute atomic E-state index is 0.00437. The number of aliphatic carboxylic acids is 1. The predicted molar refractivity (Wildman–Crippen MR) is 102 cm³/mol. The highest BCUT2D eigenvalue weighted by Gasteiger charge is 2.32. The number of hydroxylamine groups is 1. The van der Waals surface area contributed by atoms with Gasteiger partial charge < -0.3 is 10.2 Å². The Morgan fingerprint density at radius 1 is 1.50 bits per heavy atom. The van der Waals surface area contributed by atoms with E-state index in [2.05, 4.69) is 37.6 Å². The van der Waals surface area contributed by atoms with E-state index in [-0.39, 0.29) is 19.1 Å². The third-order valence-electron chi connectivity index (χ3n) is 5.24. The maximum atomic E-state index is 10.5. The lowest BCUT2D eigenvalue weighted by molar-refractivity contribution is -0.138. The Morgan fingerprint density at radius 2 is 2.31 bits per heavy atom. The van der Waals surface area contributed by atoms with Gasteiger partial charge in [-0.3, -0.25) is 15.1 Å². The van der Waals surface area contributed by atoms with Gasteiger partial charge in [-0.05, 0) is 36.7 Å². The van der Waals surface area contributed by atoms with Crippen molar-refractivity contribution in [3.8, 4) is 0 Å². The van der Waals surface area contributed by atoms with Crippen molar-refractivity contribution in [2.24, 2.45) is 17.8 Å². The normalized spacial score (nSPS) is 24.3. The van der Waals surface area contributed by atoms with Crippen molar-refractivity contribution in [2.45, 2.75) is 64.9 Å². The van der Waals surface area contributed by atoms with Crippen molar-refractivity contribution in [1.82, 2.24) is 5.48 Å². The number of unbranched alkanes of at least 4 members (excludes halogenated alkanes) is 1. The molecule has 0 bridgehead atoms. The van der Waals surface area contributed by atoms with Crippen molar-refractivity contribution in [1.29, 1.82) is 0 Å². The minimum Gasteiger partial charge on any atom is -0.481 e. The largest absolute Gasteiger partial charge is 0.481 e. The van der Waals surface area contributed by atoms with E-state index in [0.29, 0.717) is 17.8 Å². The van der Waals surface area contributed by atoms with Crippen LogP contribution in [0, 0.1) is 17.8 Å². The zero-order valence-electron chi connectivity index (χ0n) is 16.0. The van der Waals surface area contributed by atoms with Gasteiger partial charge in [-0.15, -0.1) is 0 Å². The second-order valence-corrected chi connectivity index (χ2v) is 7.63. The van der Waals surface area contributed by atoms with Gasteiger partial charge in [-0.25, -0.2) is 0 Å². The number of hydrogen-bond acceptors (Lipinski definition) is 4. The molecule has 0 aromatic heterocycles. The van der Waals surface area contributed by atoms with E-state index in [9.17, 15) is 9.90 Å². The van der Waals surface area contributed by atoms with E-state index in [1.807, 2.05) is 6.08 Å². The third kappa shape index (κ3) is 6.61. The Morgan fingerprint density at radius 3 is 3.04 bits per heavy atom. The van der Waals surface area contributed by atoms with Crippen LogP contribution in [-0.2, 0) is 9.63 Å². The Hall–Kier alpha value is -1.59. The molecule has 0 radical (unpaired) electrons. The highest BCUT2D eigenvalue weighted by molar-refractivity contribution is 5.66. The quantitative estimate of drug-likeness (QED) is 0.361. The first-order valence-corrected chi connectivity index (χ1v) is 9.86. The summed E-state index contributed by atoms with van der Waals surface area (Å²) < 4.78 is 0. The molecular formula is C21H33NO4. The van der Waals surface area contributed by atoms with E-state index in [1.165, 1.54) is 24.8 Å². The van der Waals surface area contributed by atoms with Crippen molar-refractivity contribution in [2.75, 3.05) is 6.61 Å². The number of fused-ring (bicyclic) bond motifs is 1. The summed E-state index contributed by atoms with van der Waals surface area (Å²) in [5, 5.41) is 18.9. The summed E-state index contributed by atoms with van der Waals surface area (Å²) in [7, 11) is 0. The Kier molecular flexibility index (Phi) is 8.39. The summed E-state index contributed by atoms with van der Waals surface area (Å²) in [5.41, 5.74) is 5.18. The maximum absolute atomic E-state index is 10.5. The van der Waals surface area contributed by atoms with E-state index in [4.69, 9.17) is 9.94 Å². The van der Waals surface area contributed by atoms with Gasteiger partial charge >= 0.3 is 5.97 Å². The first-order valence-electron chi connectivity index (χ1n) is 9.86. The topological polar surface area (TPSA) is 78.8 Å². The molecule has 3 N–H and O–H groups in total. The molecule has 5 heteroatoms. The first kappa shape index (κ1) is 20.7. The fourth-order valence-electron chi connectivity index (χ4n) is 3.77. The second-order valence-electron chi connectivity index (χ2n) is 7.63. The van der Waals surface area contributed by atoms with Gasteiger partial charge in [0.05, 0.1) is 19.1 Å². The van der Waals surface area contributed by atoms with Crippen LogP contribution in [0.4, 0.5) is 0 Å². The molecule has 146 valence electrons. The zero-order chi connectivity index (χ0) is 18.9. The molecule has 0 amide bonds. The smallest absolute Gasteiger partial charge is 0.305 e. The monoisotopic (exact) mass is 363 g/mol. The van der Waals surface area contributed by atoms with Gasteiger partial charge in [-0.1, -0.05) is 57.4 Å².